The largest absolute Gasteiger partial charge is 0.436 e. The number of oxazole rings is 1. The number of anilines is 1. The Morgan fingerprint density at radius 1 is 1.21 bits per heavy atom. The summed E-state index contributed by atoms with van der Waals surface area (Å²) in [5.74, 6) is 0.612. The highest BCUT2D eigenvalue weighted by molar-refractivity contribution is 5.91. The summed E-state index contributed by atoms with van der Waals surface area (Å²) in [5.41, 5.74) is 5.54. The Morgan fingerprint density at radius 3 is 2.83 bits per heavy atom. The normalized spacial score (nSPS) is 11.0. The first-order chi connectivity index (χ1) is 11.6. The zero-order valence-electron chi connectivity index (χ0n) is 14.3. The van der Waals surface area contributed by atoms with Crippen LogP contribution in [0, 0.1) is 13.8 Å². The number of aromatic nitrogens is 1. The van der Waals surface area contributed by atoms with Gasteiger partial charge in [0.15, 0.2) is 5.58 Å². The molecule has 0 saturated carbocycles. The van der Waals surface area contributed by atoms with E-state index in [1.165, 1.54) is 0 Å². The molecule has 1 amide bonds. The van der Waals surface area contributed by atoms with E-state index in [0.29, 0.717) is 12.3 Å². The number of carbonyl (C=O) groups is 1. The van der Waals surface area contributed by atoms with Gasteiger partial charge in [-0.1, -0.05) is 25.5 Å². The van der Waals surface area contributed by atoms with E-state index in [1.54, 1.807) is 0 Å². The first-order valence-corrected chi connectivity index (χ1v) is 8.35. The van der Waals surface area contributed by atoms with Crippen LogP contribution in [0.2, 0.25) is 0 Å². The van der Waals surface area contributed by atoms with Crippen molar-refractivity contribution in [2.24, 2.45) is 0 Å². The van der Waals surface area contributed by atoms with Gasteiger partial charge in [0.25, 0.3) is 0 Å². The highest BCUT2D eigenvalue weighted by Gasteiger charge is 2.11. The molecule has 0 aliphatic heterocycles. The maximum Gasteiger partial charge on any atom is 0.227 e. The van der Waals surface area contributed by atoms with Crippen LogP contribution in [0.15, 0.2) is 40.8 Å². The summed E-state index contributed by atoms with van der Waals surface area (Å²) in [5, 5.41) is 2.93. The molecule has 1 N–H and O–H groups in total. The minimum absolute atomic E-state index is 0.0398. The second kappa shape index (κ2) is 6.87. The van der Waals surface area contributed by atoms with E-state index < -0.39 is 0 Å². The number of unbranched alkanes of at least 4 members (excludes halogenated alkanes) is 1. The second-order valence-corrected chi connectivity index (χ2v) is 6.18. The van der Waals surface area contributed by atoms with E-state index in [1.807, 2.05) is 44.2 Å². The van der Waals surface area contributed by atoms with E-state index in [0.717, 1.165) is 46.3 Å². The lowest BCUT2D eigenvalue weighted by Gasteiger charge is -2.05. The van der Waals surface area contributed by atoms with Crippen LogP contribution in [0.25, 0.3) is 22.6 Å². The van der Waals surface area contributed by atoms with Gasteiger partial charge >= 0.3 is 0 Å². The molecule has 0 spiro atoms. The van der Waals surface area contributed by atoms with Crippen LogP contribution >= 0.6 is 0 Å². The van der Waals surface area contributed by atoms with E-state index in [4.69, 9.17) is 4.42 Å². The third-order valence-electron chi connectivity index (χ3n) is 3.97. The fourth-order valence-corrected chi connectivity index (χ4v) is 2.79. The molecule has 0 saturated heterocycles. The lowest BCUT2D eigenvalue weighted by molar-refractivity contribution is -0.116. The average molecular weight is 322 g/mol. The first kappa shape index (κ1) is 16.2. The highest BCUT2D eigenvalue weighted by atomic mass is 16.3. The van der Waals surface area contributed by atoms with E-state index >= 15 is 0 Å². The van der Waals surface area contributed by atoms with Crippen molar-refractivity contribution in [3.05, 3.63) is 47.5 Å². The molecule has 4 nitrogen and oxygen atoms in total. The molecule has 2 aromatic carbocycles. The molecular formula is C20H22N2O2. The maximum atomic E-state index is 11.9. The minimum atomic E-state index is 0.0398. The summed E-state index contributed by atoms with van der Waals surface area (Å²) >= 11 is 0. The Labute approximate surface area is 141 Å². The molecule has 0 radical (unpaired) electrons. The van der Waals surface area contributed by atoms with Gasteiger partial charge in [0.05, 0.1) is 0 Å². The van der Waals surface area contributed by atoms with Gasteiger partial charge in [-0.25, -0.2) is 4.98 Å². The van der Waals surface area contributed by atoms with Crippen molar-refractivity contribution >= 4 is 22.7 Å². The fourth-order valence-electron chi connectivity index (χ4n) is 2.79. The number of carbonyl (C=O) groups excluding carboxylic acids is 1. The van der Waals surface area contributed by atoms with Crippen molar-refractivity contribution in [3.8, 4) is 11.5 Å². The zero-order chi connectivity index (χ0) is 17.1. The zero-order valence-corrected chi connectivity index (χ0v) is 14.3. The number of aryl methyl sites for hydroxylation is 2. The van der Waals surface area contributed by atoms with Gasteiger partial charge in [0.1, 0.15) is 5.52 Å². The molecule has 0 unspecified atom stereocenters. The van der Waals surface area contributed by atoms with Crippen molar-refractivity contribution in [2.75, 3.05) is 5.32 Å². The SMILES string of the molecule is CCCCC(=O)Nc1cccc(-c2nc3cc(C)cc(C)c3o2)c1. The van der Waals surface area contributed by atoms with E-state index in [-0.39, 0.29) is 5.91 Å². The van der Waals surface area contributed by atoms with Crippen molar-refractivity contribution in [1.82, 2.24) is 4.98 Å². The van der Waals surface area contributed by atoms with Gasteiger partial charge < -0.3 is 9.73 Å². The summed E-state index contributed by atoms with van der Waals surface area (Å²) in [7, 11) is 0. The fraction of sp³-hybridized carbons (Fsp3) is 0.300. The molecular weight excluding hydrogens is 300 g/mol. The van der Waals surface area contributed by atoms with Crippen LogP contribution in [0.4, 0.5) is 5.69 Å². The third-order valence-corrected chi connectivity index (χ3v) is 3.97. The van der Waals surface area contributed by atoms with Gasteiger partial charge in [-0.3, -0.25) is 4.79 Å². The van der Waals surface area contributed by atoms with Crippen molar-refractivity contribution in [2.45, 2.75) is 40.0 Å². The lowest BCUT2D eigenvalue weighted by Crippen LogP contribution is -2.10. The number of rotatable bonds is 5. The molecule has 0 fully saturated rings. The molecule has 0 atom stereocenters. The molecule has 3 rings (SSSR count). The molecule has 1 aromatic heterocycles. The minimum Gasteiger partial charge on any atom is -0.436 e. The van der Waals surface area contributed by atoms with Crippen LogP contribution in [0.5, 0.6) is 0 Å². The van der Waals surface area contributed by atoms with E-state index in [9.17, 15) is 4.79 Å². The molecule has 0 aliphatic rings. The Morgan fingerprint density at radius 2 is 2.04 bits per heavy atom. The van der Waals surface area contributed by atoms with Crippen molar-refractivity contribution in [1.29, 1.82) is 0 Å². The molecule has 3 aromatic rings. The molecule has 1 heterocycles. The van der Waals surface area contributed by atoms with Gasteiger partial charge in [-0.2, -0.15) is 0 Å². The summed E-state index contributed by atoms with van der Waals surface area (Å²) in [6, 6.07) is 11.7. The summed E-state index contributed by atoms with van der Waals surface area (Å²) in [6.07, 6.45) is 2.45. The quantitative estimate of drug-likeness (QED) is 0.699. The number of fused-ring (bicyclic) bond motifs is 1. The van der Waals surface area contributed by atoms with Crippen molar-refractivity contribution < 1.29 is 9.21 Å². The van der Waals surface area contributed by atoms with Crippen LogP contribution in [-0.4, -0.2) is 10.9 Å². The van der Waals surface area contributed by atoms with Gasteiger partial charge in [0, 0.05) is 17.7 Å². The predicted molar refractivity (Wildman–Crippen MR) is 97.1 cm³/mol. The maximum absolute atomic E-state index is 11.9. The first-order valence-electron chi connectivity index (χ1n) is 8.35. The smallest absolute Gasteiger partial charge is 0.227 e. The lowest BCUT2D eigenvalue weighted by atomic mass is 10.1. The van der Waals surface area contributed by atoms with Crippen LogP contribution in [0.3, 0.4) is 0 Å². The van der Waals surface area contributed by atoms with Gasteiger partial charge in [0.2, 0.25) is 11.8 Å². The highest BCUT2D eigenvalue weighted by Crippen LogP contribution is 2.28. The summed E-state index contributed by atoms with van der Waals surface area (Å²) < 4.78 is 5.94. The van der Waals surface area contributed by atoms with Gasteiger partial charge in [-0.05, 0) is 55.7 Å². The van der Waals surface area contributed by atoms with E-state index in [2.05, 4.69) is 23.3 Å². The predicted octanol–water partition coefficient (Wildman–Crippen LogP) is 5.24. The average Bonchev–Trinajstić information content (AvgIpc) is 2.97. The van der Waals surface area contributed by atoms with Crippen molar-refractivity contribution in [3.63, 3.8) is 0 Å². The number of nitrogens with zero attached hydrogens (tertiary/aromatic N) is 1. The van der Waals surface area contributed by atoms with Crippen LogP contribution < -0.4 is 5.32 Å². The standard InChI is InChI=1S/C20H22N2O2/c1-4-5-9-18(23)21-16-8-6-7-15(12-16)20-22-17-11-13(2)10-14(3)19(17)24-20/h6-8,10-12H,4-5,9H2,1-3H3,(H,21,23). The summed E-state index contributed by atoms with van der Waals surface area (Å²) in [4.78, 5) is 16.5. The Hall–Kier alpha value is -2.62. The number of hydrogen-bond acceptors (Lipinski definition) is 3. The molecule has 4 heteroatoms. The number of amides is 1. The molecule has 0 aliphatic carbocycles. The van der Waals surface area contributed by atoms with Crippen LogP contribution in [0.1, 0.15) is 37.3 Å². The third kappa shape index (κ3) is 3.48. The second-order valence-electron chi connectivity index (χ2n) is 6.18. The Balaban J connectivity index is 1.88. The molecule has 0 bridgehead atoms. The topological polar surface area (TPSA) is 55.1 Å². The summed E-state index contributed by atoms with van der Waals surface area (Å²) in [6.45, 7) is 6.15. The van der Waals surface area contributed by atoms with Gasteiger partial charge in [-0.15, -0.1) is 0 Å². The Kier molecular flexibility index (Phi) is 4.65. The number of benzene rings is 2. The Bertz CT molecular complexity index is 880. The monoisotopic (exact) mass is 322 g/mol. The number of nitrogens with one attached hydrogen (secondary N) is 1. The molecule has 24 heavy (non-hydrogen) atoms. The molecule has 124 valence electrons. The van der Waals surface area contributed by atoms with Crippen LogP contribution in [-0.2, 0) is 4.79 Å². The number of hydrogen-bond donors (Lipinski definition) is 1.